The first-order chi connectivity index (χ1) is 8.83. The van der Waals surface area contributed by atoms with Gasteiger partial charge in [0.1, 0.15) is 0 Å². The van der Waals surface area contributed by atoms with E-state index in [-0.39, 0.29) is 12.4 Å². The van der Waals surface area contributed by atoms with E-state index in [2.05, 4.69) is 20.6 Å². The first-order valence-electron chi connectivity index (χ1n) is 6.32. The third-order valence-corrected chi connectivity index (χ3v) is 3.28. The summed E-state index contributed by atoms with van der Waals surface area (Å²) in [6.07, 6.45) is 2.44. The number of nitrogen functional groups attached to an aromatic ring is 1. The largest absolute Gasteiger partial charge is 0.381 e. The van der Waals surface area contributed by atoms with Gasteiger partial charge < -0.3 is 16.4 Å². The van der Waals surface area contributed by atoms with E-state index in [4.69, 9.17) is 5.73 Å². The number of benzene rings is 1. The molecule has 0 aliphatic carbocycles. The van der Waals surface area contributed by atoms with Crippen LogP contribution in [0.3, 0.4) is 0 Å². The highest BCUT2D eigenvalue weighted by Crippen LogP contribution is 2.18. The number of nitrogens with two attached hydrogens (primary N) is 1. The molecule has 6 heteroatoms. The zero-order chi connectivity index (χ0) is 12.4. The molecule has 2 heterocycles. The summed E-state index contributed by atoms with van der Waals surface area (Å²) in [5, 5.41) is 6.72. The Morgan fingerprint density at radius 2 is 2.00 bits per heavy atom. The van der Waals surface area contributed by atoms with Crippen LogP contribution < -0.4 is 16.4 Å². The summed E-state index contributed by atoms with van der Waals surface area (Å²) in [7, 11) is 0. The number of fused-ring (bicyclic) bond motifs is 1. The lowest BCUT2D eigenvalue weighted by molar-refractivity contribution is 0.632. The van der Waals surface area contributed by atoms with Gasteiger partial charge in [-0.25, -0.2) is 9.97 Å². The molecule has 0 amide bonds. The minimum Gasteiger partial charge on any atom is -0.381 e. The first kappa shape index (κ1) is 13.8. The molecule has 1 saturated heterocycles. The van der Waals surface area contributed by atoms with Crippen LogP contribution in [0.25, 0.3) is 11.0 Å². The van der Waals surface area contributed by atoms with Crippen molar-refractivity contribution in [1.82, 2.24) is 15.3 Å². The van der Waals surface area contributed by atoms with E-state index in [9.17, 15) is 0 Å². The number of anilines is 2. The fourth-order valence-electron chi connectivity index (χ4n) is 2.29. The smallest absolute Gasteiger partial charge is 0.169 e. The molecule has 1 fully saturated rings. The van der Waals surface area contributed by atoms with Crippen LogP contribution in [-0.2, 0) is 0 Å². The van der Waals surface area contributed by atoms with Crippen molar-refractivity contribution in [3.8, 4) is 0 Å². The molecule has 1 aliphatic rings. The Balaban J connectivity index is 0.00000133. The SMILES string of the molecule is Cl.Nc1nc2ccccc2nc1NCC1CCCN1. The molecule has 1 atom stereocenters. The average Bonchev–Trinajstić information content (AvgIpc) is 2.89. The Morgan fingerprint density at radius 1 is 1.26 bits per heavy atom. The summed E-state index contributed by atoms with van der Waals surface area (Å²) in [5.74, 6) is 1.15. The van der Waals surface area contributed by atoms with Crippen LogP contribution in [0, 0.1) is 0 Å². The molecular formula is C13H18ClN5. The third-order valence-electron chi connectivity index (χ3n) is 3.28. The maximum absolute atomic E-state index is 5.91. The van der Waals surface area contributed by atoms with Crippen LogP contribution in [0.1, 0.15) is 12.8 Å². The van der Waals surface area contributed by atoms with E-state index in [1.54, 1.807) is 0 Å². The van der Waals surface area contributed by atoms with E-state index in [1.807, 2.05) is 24.3 Å². The van der Waals surface area contributed by atoms with Gasteiger partial charge in [-0.15, -0.1) is 12.4 Å². The minimum atomic E-state index is 0. The first-order valence-corrected chi connectivity index (χ1v) is 6.32. The predicted molar refractivity (Wildman–Crippen MR) is 80.7 cm³/mol. The summed E-state index contributed by atoms with van der Waals surface area (Å²) in [5.41, 5.74) is 7.62. The van der Waals surface area contributed by atoms with Gasteiger partial charge in [-0.3, -0.25) is 0 Å². The van der Waals surface area contributed by atoms with E-state index in [0.29, 0.717) is 17.7 Å². The maximum Gasteiger partial charge on any atom is 0.169 e. The van der Waals surface area contributed by atoms with Crippen LogP contribution in [-0.4, -0.2) is 29.1 Å². The van der Waals surface area contributed by atoms with Gasteiger partial charge in [0, 0.05) is 12.6 Å². The standard InChI is InChI=1S/C13H17N5.ClH/c14-12-13(16-8-9-4-3-7-15-9)18-11-6-2-1-5-10(11)17-12;/h1-2,5-6,9,15H,3-4,7-8H2,(H2,14,17)(H,16,18);1H. The highest BCUT2D eigenvalue weighted by Gasteiger charge is 2.14. The molecule has 5 nitrogen and oxygen atoms in total. The van der Waals surface area contributed by atoms with Crippen LogP contribution >= 0.6 is 12.4 Å². The van der Waals surface area contributed by atoms with Crippen LogP contribution in [0.5, 0.6) is 0 Å². The summed E-state index contributed by atoms with van der Waals surface area (Å²) >= 11 is 0. The Bertz CT molecular complexity index is 554. The molecule has 0 spiro atoms. The Hall–Kier alpha value is -1.59. The summed E-state index contributed by atoms with van der Waals surface area (Å²) < 4.78 is 0. The zero-order valence-electron chi connectivity index (χ0n) is 10.6. The molecule has 1 unspecified atom stereocenters. The van der Waals surface area contributed by atoms with E-state index < -0.39 is 0 Å². The van der Waals surface area contributed by atoms with Gasteiger partial charge >= 0.3 is 0 Å². The molecule has 1 aromatic carbocycles. The number of halogens is 1. The van der Waals surface area contributed by atoms with Gasteiger partial charge in [0.2, 0.25) is 0 Å². The second-order valence-electron chi connectivity index (χ2n) is 4.62. The van der Waals surface area contributed by atoms with Gasteiger partial charge in [0.05, 0.1) is 11.0 Å². The third kappa shape index (κ3) is 3.05. The van der Waals surface area contributed by atoms with Crippen LogP contribution in [0.15, 0.2) is 24.3 Å². The number of rotatable bonds is 3. The van der Waals surface area contributed by atoms with Crippen molar-refractivity contribution < 1.29 is 0 Å². The lowest BCUT2D eigenvalue weighted by Gasteiger charge is -2.13. The zero-order valence-corrected chi connectivity index (χ0v) is 11.4. The monoisotopic (exact) mass is 279 g/mol. The summed E-state index contributed by atoms with van der Waals surface area (Å²) in [6.45, 7) is 1.95. The van der Waals surface area contributed by atoms with E-state index in [1.165, 1.54) is 12.8 Å². The molecule has 1 aliphatic heterocycles. The molecule has 0 saturated carbocycles. The lowest BCUT2D eigenvalue weighted by atomic mass is 10.2. The van der Waals surface area contributed by atoms with Crippen molar-refractivity contribution in [3.63, 3.8) is 0 Å². The molecule has 102 valence electrons. The van der Waals surface area contributed by atoms with Crippen LogP contribution in [0.4, 0.5) is 11.6 Å². The molecule has 4 N–H and O–H groups in total. The quantitative estimate of drug-likeness (QED) is 0.799. The number of hydrogen-bond donors (Lipinski definition) is 3. The topological polar surface area (TPSA) is 75.9 Å². The van der Waals surface area contributed by atoms with Gasteiger partial charge in [-0.1, -0.05) is 12.1 Å². The fraction of sp³-hybridized carbons (Fsp3) is 0.385. The number of aromatic nitrogens is 2. The number of hydrogen-bond acceptors (Lipinski definition) is 5. The van der Waals surface area contributed by atoms with Crippen molar-refractivity contribution in [2.75, 3.05) is 24.1 Å². The molecule has 0 bridgehead atoms. The highest BCUT2D eigenvalue weighted by atomic mass is 35.5. The Labute approximate surface area is 118 Å². The van der Waals surface area contributed by atoms with Gasteiger partial charge in [0.25, 0.3) is 0 Å². The molecule has 3 rings (SSSR count). The highest BCUT2D eigenvalue weighted by molar-refractivity contribution is 5.85. The Kier molecular flexibility index (Phi) is 4.39. The maximum atomic E-state index is 5.91. The lowest BCUT2D eigenvalue weighted by Crippen LogP contribution is -2.29. The molecule has 2 aromatic rings. The predicted octanol–water partition coefficient (Wildman–Crippen LogP) is 1.80. The van der Waals surface area contributed by atoms with Crippen molar-refractivity contribution in [3.05, 3.63) is 24.3 Å². The number of nitrogens with one attached hydrogen (secondary N) is 2. The van der Waals surface area contributed by atoms with Gasteiger partial charge in [0.15, 0.2) is 11.6 Å². The summed E-state index contributed by atoms with van der Waals surface area (Å²) in [4.78, 5) is 8.86. The number of nitrogens with zero attached hydrogens (tertiary/aromatic N) is 2. The second kappa shape index (κ2) is 6.04. The molecule has 19 heavy (non-hydrogen) atoms. The Morgan fingerprint density at radius 3 is 2.68 bits per heavy atom. The van der Waals surface area contributed by atoms with Gasteiger partial charge in [-0.2, -0.15) is 0 Å². The second-order valence-corrected chi connectivity index (χ2v) is 4.62. The van der Waals surface area contributed by atoms with Crippen LogP contribution in [0.2, 0.25) is 0 Å². The van der Waals surface area contributed by atoms with Crippen molar-refractivity contribution in [2.45, 2.75) is 18.9 Å². The normalized spacial score (nSPS) is 18.2. The minimum absolute atomic E-state index is 0. The number of para-hydroxylation sites is 2. The molecular weight excluding hydrogens is 262 g/mol. The van der Waals surface area contributed by atoms with E-state index in [0.717, 1.165) is 24.1 Å². The van der Waals surface area contributed by atoms with Crippen molar-refractivity contribution in [1.29, 1.82) is 0 Å². The van der Waals surface area contributed by atoms with Crippen molar-refractivity contribution >= 4 is 35.1 Å². The van der Waals surface area contributed by atoms with E-state index >= 15 is 0 Å². The van der Waals surface area contributed by atoms with Crippen molar-refractivity contribution in [2.24, 2.45) is 0 Å². The van der Waals surface area contributed by atoms with Gasteiger partial charge in [-0.05, 0) is 31.5 Å². The molecule has 1 aromatic heterocycles. The average molecular weight is 280 g/mol. The summed E-state index contributed by atoms with van der Waals surface area (Å²) in [6, 6.07) is 8.26. The molecule has 0 radical (unpaired) electrons. The fourth-order valence-corrected chi connectivity index (χ4v) is 2.29.